The molecule has 5 nitrogen and oxygen atoms in total. The van der Waals surface area contributed by atoms with E-state index in [1.165, 1.54) is 23.4 Å². The minimum Gasteiger partial charge on any atom is -0.362 e. The summed E-state index contributed by atoms with van der Waals surface area (Å²) in [6.07, 6.45) is 0.204. The van der Waals surface area contributed by atoms with Crippen molar-refractivity contribution in [2.45, 2.75) is 31.4 Å². The molecule has 0 saturated carbocycles. The van der Waals surface area contributed by atoms with Crippen molar-refractivity contribution in [3.8, 4) is 0 Å². The van der Waals surface area contributed by atoms with Gasteiger partial charge in [-0.2, -0.15) is 4.31 Å². The van der Waals surface area contributed by atoms with Gasteiger partial charge in [0.25, 0.3) is 0 Å². The van der Waals surface area contributed by atoms with Gasteiger partial charge in [-0.25, -0.2) is 8.42 Å². The molecule has 0 aliphatic carbocycles. The van der Waals surface area contributed by atoms with E-state index in [-0.39, 0.29) is 10.7 Å². The summed E-state index contributed by atoms with van der Waals surface area (Å²) in [5.41, 5.74) is 0.395. The lowest BCUT2D eigenvalue weighted by molar-refractivity contribution is -0.0410. The van der Waals surface area contributed by atoms with E-state index < -0.39 is 16.3 Å². The number of ether oxygens (including phenoxy) is 1. The number of benzene rings is 1. The van der Waals surface area contributed by atoms with Gasteiger partial charge < -0.3 is 4.74 Å². The molecular weight excluding hydrogens is 266 g/mol. The predicted octanol–water partition coefficient (Wildman–Crippen LogP) is 1.65. The van der Waals surface area contributed by atoms with Gasteiger partial charge in [-0.05, 0) is 32.4 Å². The molecule has 1 unspecified atom stereocenters. The second-order valence-corrected chi connectivity index (χ2v) is 6.41. The first-order valence-electron chi connectivity index (χ1n) is 6.17. The molecule has 19 heavy (non-hydrogen) atoms. The standard InChI is InChI=1S/C13H17NO4S/c1-10(15)12-5-3-6-13(9-12)19(16,17)14-7-4-8-18-11(14)2/h3,5-6,9,11H,4,7-8H2,1-2H3. The van der Waals surface area contributed by atoms with Crippen LogP contribution >= 0.6 is 0 Å². The van der Waals surface area contributed by atoms with Crippen molar-refractivity contribution in [3.05, 3.63) is 29.8 Å². The highest BCUT2D eigenvalue weighted by Gasteiger charge is 2.31. The number of carbonyl (C=O) groups excluding carboxylic acids is 1. The SMILES string of the molecule is CC(=O)c1cccc(S(=O)(=O)N2CCCOC2C)c1. The maximum atomic E-state index is 12.5. The van der Waals surface area contributed by atoms with Crippen LogP contribution in [0.15, 0.2) is 29.2 Å². The molecule has 1 aromatic carbocycles. The van der Waals surface area contributed by atoms with Crippen LogP contribution in [-0.4, -0.2) is 37.9 Å². The third-order valence-corrected chi connectivity index (χ3v) is 5.08. The average Bonchev–Trinajstić information content (AvgIpc) is 2.39. The second-order valence-electron chi connectivity index (χ2n) is 4.52. The van der Waals surface area contributed by atoms with Crippen molar-refractivity contribution in [2.24, 2.45) is 0 Å². The minimum absolute atomic E-state index is 0.137. The molecule has 1 fully saturated rings. The van der Waals surface area contributed by atoms with E-state index in [2.05, 4.69) is 0 Å². The van der Waals surface area contributed by atoms with Gasteiger partial charge in [0.2, 0.25) is 10.0 Å². The Labute approximate surface area is 113 Å². The van der Waals surface area contributed by atoms with Crippen LogP contribution in [0.2, 0.25) is 0 Å². The van der Waals surface area contributed by atoms with Crippen molar-refractivity contribution in [3.63, 3.8) is 0 Å². The van der Waals surface area contributed by atoms with Gasteiger partial charge in [0.1, 0.15) is 6.23 Å². The smallest absolute Gasteiger partial charge is 0.245 e. The zero-order chi connectivity index (χ0) is 14.0. The summed E-state index contributed by atoms with van der Waals surface area (Å²) in [7, 11) is -3.61. The molecule has 6 heteroatoms. The highest BCUT2D eigenvalue weighted by Crippen LogP contribution is 2.22. The molecular formula is C13H17NO4S. The second kappa shape index (κ2) is 5.40. The van der Waals surface area contributed by atoms with Crippen molar-refractivity contribution in [1.82, 2.24) is 4.31 Å². The Kier molecular flexibility index (Phi) is 4.03. The van der Waals surface area contributed by atoms with Crippen LogP contribution in [0.1, 0.15) is 30.6 Å². The number of sulfonamides is 1. The fourth-order valence-electron chi connectivity index (χ4n) is 2.07. The van der Waals surface area contributed by atoms with Gasteiger partial charge in [-0.1, -0.05) is 12.1 Å². The molecule has 1 aliphatic rings. The minimum atomic E-state index is -3.61. The topological polar surface area (TPSA) is 63.7 Å². The molecule has 1 aliphatic heterocycles. The van der Waals surface area contributed by atoms with Crippen molar-refractivity contribution in [2.75, 3.05) is 13.2 Å². The number of Topliss-reactive ketones (excluding diaryl/α,β-unsaturated/α-hetero) is 1. The Morgan fingerprint density at radius 2 is 2.16 bits per heavy atom. The predicted molar refractivity (Wildman–Crippen MR) is 70.4 cm³/mol. The summed E-state index contributed by atoms with van der Waals surface area (Å²) in [5, 5.41) is 0. The summed E-state index contributed by atoms with van der Waals surface area (Å²) in [6, 6.07) is 6.11. The van der Waals surface area contributed by atoms with Crippen LogP contribution in [0.3, 0.4) is 0 Å². The van der Waals surface area contributed by atoms with Crippen LogP contribution in [0.4, 0.5) is 0 Å². The van der Waals surface area contributed by atoms with Crippen molar-refractivity contribution < 1.29 is 17.9 Å². The molecule has 1 heterocycles. The normalized spacial score (nSPS) is 21.3. The number of ketones is 1. The average molecular weight is 283 g/mol. The van der Waals surface area contributed by atoms with E-state index in [0.717, 1.165) is 0 Å². The lowest BCUT2D eigenvalue weighted by atomic mass is 10.2. The van der Waals surface area contributed by atoms with E-state index in [0.29, 0.717) is 25.1 Å². The molecule has 104 valence electrons. The lowest BCUT2D eigenvalue weighted by Gasteiger charge is -2.32. The summed E-state index contributed by atoms with van der Waals surface area (Å²) < 4.78 is 31.7. The molecule has 0 aromatic heterocycles. The van der Waals surface area contributed by atoms with Gasteiger partial charge in [-0.15, -0.1) is 0 Å². The van der Waals surface area contributed by atoms with Crippen LogP contribution < -0.4 is 0 Å². The first-order chi connectivity index (χ1) is 8.93. The Balaban J connectivity index is 2.38. The highest BCUT2D eigenvalue weighted by molar-refractivity contribution is 7.89. The maximum Gasteiger partial charge on any atom is 0.245 e. The monoisotopic (exact) mass is 283 g/mol. The summed E-state index contributed by atoms with van der Waals surface area (Å²) >= 11 is 0. The first kappa shape index (κ1) is 14.2. The van der Waals surface area contributed by atoms with Crippen LogP contribution in [0, 0.1) is 0 Å². The number of carbonyl (C=O) groups is 1. The zero-order valence-electron chi connectivity index (χ0n) is 11.0. The number of hydrogen-bond donors (Lipinski definition) is 0. The molecule has 1 saturated heterocycles. The zero-order valence-corrected chi connectivity index (χ0v) is 11.8. The Morgan fingerprint density at radius 3 is 2.79 bits per heavy atom. The van der Waals surface area contributed by atoms with Gasteiger partial charge >= 0.3 is 0 Å². The Hall–Kier alpha value is -1.24. The molecule has 0 N–H and O–H groups in total. The molecule has 0 spiro atoms. The Bertz CT molecular complexity index is 582. The number of nitrogens with zero attached hydrogens (tertiary/aromatic N) is 1. The van der Waals surface area contributed by atoms with Gasteiger partial charge in [-0.3, -0.25) is 4.79 Å². The highest BCUT2D eigenvalue weighted by atomic mass is 32.2. The third kappa shape index (κ3) is 2.86. The largest absolute Gasteiger partial charge is 0.362 e. The third-order valence-electron chi connectivity index (χ3n) is 3.13. The van der Waals surface area contributed by atoms with E-state index in [1.54, 1.807) is 19.1 Å². The van der Waals surface area contributed by atoms with E-state index >= 15 is 0 Å². The lowest BCUT2D eigenvalue weighted by Crippen LogP contribution is -2.44. The molecule has 1 atom stereocenters. The molecule has 0 bridgehead atoms. The van der Waals surface area contributed by atoms with Gasteiger partial charge in [0, 0.05) is 18.7 Å². The molecule has 0 amide bonds. The van der Waals surface area contributed by atoms with Crippen molar-refractivity contribution in [1.29, 1.82) is 0 Å². The fraction of sp³-hybridized carbons (Fsp3) is 0.462. The van der Waals surface area contributed by atoms with Crippen LogP contribution in [0.5, 0.6) is 0 Å². The first-order valence-corrected chi connectivity index (χ1v) is 7.61. The van der Waals surface area contributed by atoms with Crippen molar-refractivity contribution >= 4 is 15.8 Å². The van der Waals surface area contributed by atoms with Gasteiger partial charge in [0.05, 0.1) is 4.90 Å². The summed E-state index contributed by atoms with van der Waals surface area (Å²) in [4.78, 5) is 11.5. The van der Waals surface area contributed by atoms with Gasteiger partial charge in [0.15, 0.2) is 5.78 Å². The number of hydrogen-bond acceptors (Lipinski definition) is 4. The Morgan fingerprint density at radius 1 is 1.42 bits per heavy atom. The van der Waals surface area contributed by atoms with E-state index in [4.69, 9.17) is 4.74 Å². The summed E-state index contributed by atoms with van der Waals surface area (Å²) in [6.45, 7) is 4.14. The van der Waals surface area contributed by atoms with Crippen LogP contribution in [0.25, 0.3) is 0 Å². The fourth-order valence-corrected chi connectivity index (χ4v) is 3.68. The molecule has 2 rings (SSSR count). The number of rotatable bonds is 3. The summed E-state index contributed by atoms with van der Waals surface area (Å²) in [5.74, 6) is -0.153. The van der Waals surface area contributed by atoms with E-state index in [1.807, 2.05) is 0 Å². The van der Waals surface area contributed by atoms with E-state index in [9.17, 15) is 13.2 Å². The molecule has 0 radical (unpaired) electrons. The quantitative estimate of drug-likeness (QED) is 0.791. The van der Waals surface area contributed by atoms with Crippen LogP contribution in [-0.2, 0) is 14.8 Å². The maximum absolute atomic E-state index is 12.5. The molecule has 1 aromatic rings.